The number of nitroso groups, excluding NO2 is 1. The monoisotopic (exact) mass is 533 g/mol. The minimum atomic E-state index is -0.440. The third-order valence-electron chi connectivity index (χ3n) is 6.23. The van der Waals surface area contributed by atoms with E-state index in [2.05, 4.69) is 46.3 Å². The lowest BCUT2D eigenvalue weighted by molar-refractivity contribution is -0.117. The van der Waals surface area contributed by atoms with Crippen molar-refractivity contribution in [3.8, 4) is 11.3 Å². The number of hydrogen-bond donors (Lipinski definition) is 2. The zero-order chi connectivity index (χ0) is 28.3. The van der Waals surface area contributed by atoms with Gasteiger partial charge in [-0.25, -0.2) is 5.43 Å². The number of carbonyl (C=O) groups excluding carboxylic acids is 1. The van der Waals surface area contributed by atoms with Crippen LogP contribution in [0.25, 0.3) is 23.1 Å². The molecule has 1 amide bonds. The maximum absolute atomic E-state index is 13.2. The number of amides is 1. The van der Waals surface area contributed by atoms with E-state index in [9.17, 15) is 9.70 Å². The van der Waals surface area contributed by atoms with Crippen LogP contribution in [0.2, 0.25) is 0 Å². The Balaban J connectivity index is 1.50. The van der Waals surface area contributed by atoms with Gasteiger partial charge in [0.2, 0.25) is 0 Å². The summed E-state index contributed by atoms with van der Waals surface area (Å²) >= 11 is 0. The van der Waals surface area contributed by atoms with E-state index in [0.29, 0.717) is 22.9 Å². The van der Waals surface area contributed by atoms with Crippen LogP contribution in [0.15, 0.2) is 118 Å². The molecule has 3 aromatic carbocycles. The van der Waals surface area contributed by atoms with E-state index in [-0.39, 0.29) is 5.70 Å². The molecule has 0 aliphatic heterocycles. The molecule has 0 aliphatic carbocycles. The van der Waals surface area contributed by atoms with Gasteiger partial charge in [0.15, 0.2) is 0 Å². The van der Waals surface area contributed by atoms with Gasteiger partial charge in [-0.3, -0.25) is 4.79 Å². The van der Waals surface area contributed by atoms with Gasteiger partial charge < -0.3 is 14.6 Å². The zero-order valence-corrected chi connectivity index (χ0v) is 22.5. The molecule has 40 heavy (non-hydrogen) atoms. The summed E-state index contributed by atoms with van der Waals surface area (Å²) in [5, 5.41) is 10.1. The second-order valence-corrected chi connectivity index (χ2v) is 8.83. The fourth-order valence-corrected chi connectivity index (χ4v) is 4.05. The number of hydrogen-bond acceptors (Lipinski definition) is 7. The summed E-state index contributed by atoms with van der Waals surface area (Å²) in [5.41, 5.74) is 7.39. The Bertz CT molecular complexity index is 1500. The van der Waals surface area contributed by atoms with Crippen molar-refractivity contribution < 1.29 is 9.21 Å². The van der Waals surface area contributed by atoms with Gasteiger partial charge in [0.1, 0.15) is 22.9 Å². The number of furan rings is 1. The van der Waals surface area contributed by atoms with Gasteiger partial charge in [0.25, 0.3) is 5.91 Å². The molecule has 1 heterocycles. The summed E-state index contributed by atoms with van der Waals surface area (Å²) < 4.78 is 5.79. The smallest absolute Gasteiger partial charge is 0.287 e. The van der Waals surface area contributed by atoms with Gasteiger partial charge in [-0.05, 0) is 84.8 Å². The van der Waals surface area contributed by atoms with Crippen LogP contribution >= 0.6 is 0 Å². The number of anilines is 1. The minimum Gasteiger partial charge on any atom is -0.455 e. The molecule has 0 fully saturated rings. The Morgan fingerprint density at radius 1 is 0.925 bits per heavy atom. The van der Waals surface area contributed by atoms with Gasteiger partial charge in [-0.1, -0.05) is 49.0 Å². The first-order valence-corrected chi connectivity index (χ1v) is 13.0. The van der Waals surface area contributed by atoms with E-state index in [1.807, 2.05) is 54.6 Å². The van der Waals surface area contributed by atoms with Crippen molar-refractivity contribution in [2.24, 2.45) is 10.3 Å². The highest BCUT2D eigenvalue weighted by atomic mass is 16.3. The van der Waals surface area contributed by atoms with Crippen LogP contribution in [-0.2, 0) is 4.79 Å². The molecule has 0 saturated heterocycles. The molecule has 0 spiro atoms. The summed E-state index contributed by atoms with van der Waals surface area (Å²) in [6.45, 7) is 10.2. The predicted octanol–water partition coefficient (Wildman–Crippen LogP) is 6.94. The van der Waals surface area contributed by atoms with Crippen molar-refractivity contribution in [3.63, 3.8) is 0 Å². The molecule has 8 heteroatoms. The van der Waals surface area contributed by atoms with Gasteiger partial charge in [0, 0.05) is 30.0 Å². The summed E-state index contributed by atoms with van der Waals surface area (Å²) in [4.78, 5) is 26.1. The van der Waals surface area contributed by atoms with Crippen LogP contribution in [0.4, 0.5) is 11.4 Å². The molecular formula is C32H31N5O3. The summed E-state index contributed by atoms with van der Waals surface area (Å²) in [6.07, 6.45) is 3.18. The van der Waals surface area contributed by atoms with Gasteiger partial charge >= 0.3 is 0 Å². The van der Waals surface area contributed by atoms with E-state index in [1.165, 1.54) is 6.21 Å². The maximum Gasteiger partial charge on any atom is 0.287 e. The Morgan fingerprint density at radius 3 is 2.27 bits per heavy atom. The Labute approximate surface area is 233 Å². The van der Waals surface area contributed by atoms with E-state index in [0.717, 1.165) is 35.5 Å². The normalized spacial score (nSPS) is 11.3. The van der Waals surface area contributed by atoms with Crippen LogP contribution in [-0.4, -0.2) is 25.2 Å². The number of nitrogens with zero attached hydrogens (tertiary/aromatic N) is 3. The van der Waals surface area contributed by atoms with Crippen LogP contribution in [0.1, 0.15) is 30.7 Å². The van der Waals surface area contributed by atoms with Gasteiger partial charge in [-0.2, -0.15) is 5.10 Å². The molecule has 0 atom stereocenters. The minimum absolute atomic E-state index is 0.283. The molecule has 4 aromatic rings. The quantitative estimate of drug-likeness (QED) is 0.0889. The SMILES string of the molecule is C=C(N/C(=C/c1ccc(N(CC)CC)cc1)C(=O)N/N=C/c1ccc(-c2ccc(N=O)cc2)o1)c1ccccc1. The first-order valence-electron chi connectivity index (χ1n) is 13.0. The molecule has 0 aliphatic rings. The van der Waals surface area contributed by atoms with E-state index in [1.54, 1.807) is 42.5 Å². The lowest BCUT2D eigenvalue weighted by atomic mass is 10.1. The molecular weight excluding hydrogens is 502 g/mol. The second-order valence-electron chi connectivity index (χ2n) is 8.83. The average molecular weight is 534 g/mol. The molecule has 0 saturated carbocycles. The number of carbonyl (C=O) groups is 1. The average Bonchev–Trinajstić information content (AvgIpc) is 3.47. The van der Waals surface area contributed by atoms with E-state index in [4.69, 9.17) is 4.42 Å². The number of rotatable bonds is 12. The number of hydrazone groups is 1. The maximum atomic E-state index is 13.2. The fourth-order valence-electron chi connectivity index (χ4n) is 4.05. The van der Waals surface area contributed by atoms with Crippen molar-refractivity contribution in [3.05, 3.63) is 125 Å². The summed E-state index contributed by atoms with van der Waals surface area (Å²) in [7, 11) is 0. The van der Waals surface area contributed by atoms with Crippen LogP contribution in [0.5, 0.6) is 0 Å². The van der Waals surface area contributed by atoms with E-state index < -0.39 is 5.91 Å². The first-order chi connectivity index (χ1) is 19.5. The number of benzene rings is 3. The molecule has 1 aromatic heterocycles. The molecule has 2 N–H and O–H groups in total. The topological polar surface area (TPSA) is 99.3 Å². The van der Waals surface area contributed by atoms with E-state index >= 15 is 0 Å². The summed E-state index contributed by atoms with van der Waals surface area (Å²) in [5.74, 6) is 0.608. The highest BCUT2D eigenvalue weighted by molar-refractivity contribution is 5.99. The van der Waals surface area contributed by atoms with Gasteiger partial charge in [-0.15, -0.1) is 4.91 Å². The standard InChI is InChI=1S/C32H31N5O3/c1-4-37(5-2)28-17-11-24(12-18-28)21-30(34-23(3)25-9-7-6-8-10-25)32(38)35-33-22-29-19-20-31(40-29)26-13-15-27(36-39)16-14-26/h6-22,34H,3-5H2,1-2H3,(H,35,38)/b30-21+,33-22+. The third-order valence-corrected chi connectivity index (χ3v) is 6.23. The number of nitrogens with one attached hydrogen (secondary N) is 2. The molecule has 4 rings (SSSR count). The lowest BCUT2D eigenvalue weighted by Gasteiger charge is -2.21. The molecule has 0 unspecified atom stereocenters. The van der Waals surface area contributed by atoms with Crippen molar-refractivity contribution in [2.75, 3.05) is 18.0 Å². The molecule has 8 nitrogen and oxygen atoms in total. The highest BCUT2D eigenvalue weighted by Gasteiger charge is 2.12. The third kappa shape index (κ3) is 7.20. The van der Waals surface area contributed by atoms with Crippen molar-refractivity contribution in [1.29, 1.82) is 0 Å². The van der Waals surface area contributed by atoms with Crippen LogP contribution in [0, 0.1) is 4.91 Å². The van der Waals surface area contributed by atoms with Crippen LogP contribution in [0.3, 0.4) is 0 Å². The largest absolute Gasteiger partial charge is 0.455 e. The predicted molar refractivity (Wildman–Crippen MR) is 162 cm³/mol. The van der Waals surface area contributed by atoms with Crippen molar-refractivity contribution in [2.45, 2.75) is 13.8 Å². The molecule has 202 valence electrons. The fraction of sp³-hybridized carbons (Fsp3) is 0.125. The zero-order valence-electron chi connectivity index (χ0n) is 22.5. The second kappa shape index (κ2) is 13.5. The van der Waals surface area contributed by atoms with Crippen molar-refractivity contribution >= 4 is 35.3 Å². The Kier molecular flexibility index (Phi) is 9.39. The first kappa shape index (κ1) is 27.8. The lowest BCUT2D eigenvalue weighted by Crippen LogP contribution is -2.28. The highest BCUT2D eigenvalue weighted by Crippen LogP contribution is 2.24. The Hall–Kier alpha value is -5.24. The Morgan fingerprint density at radius 2 is 1.62 bits per heavy atom. The summed E-state index contributed by atoms with van der Waals surface area (Å²) in [6, 6.07) is 27.8. The molecule has 0 bridgehead atoms. The van der Waals surface area contributed by atoms with Crippen LogP contribution < -0.4 is 15.6 Å². The molecule has 0 radical (unpaired) electrons. The van der Waals surface area contributed by atoms with Gasteiger partial charge in [0.05, 0.1) is 6.21 Å². The van der Waals surface area contributed by atoms with Crippen molar-refractivity contribution in [1.82, 2.24) is 10.7 Å².